The Morgan fingerprint density at radius 1 is 1.19 bits per heavy atom. The zero-order valence-corrected chi connectivity index (χ0v) is 22.0. The van der Waals surface area contributed by atoms with Crippen LogP contribution in [0.15, 0.2) is 84.6 Å². The lowest BCUT2D eigenvalue weighted by Gasteiger charge is -2.54. The van der Waals surface area contributed by atoms with Gasteiger partial charge in [0.2, 0.25) is 0 Å². The molecule has 4 rings (SSSR count). The smallest absolute Gasteiger partial charge is 0.273 e. The van der Waals surface area contributed by atoms with Crippen LogP contribution in [0.4, 0.5) is 8.78 Å². The fraction of sp³-hybridized carbons (Fsp3) is 0.406. The summed E-state index contributed by atoms with van der Waals surface area (Å²) in [7, 11) is 0. The Morgan fingerprint density at radius 3 is 2.57 bits per heavy atom. The van der Waals surface area contributed by atoms with Crippen molar-refractivity contribution in [3.63, 3.8) is 0 Å². The van der Waals surface area contributed by atoms with E-state index in [2.05, 4.69) is 24.0 Å². The molecule has 3 atom stereocenters. The van der Waals surface area contributed by atoms with Crippen LogP contribution in [0, 0.1) is 5.92 Å². The number of hydrogen-bond donors (Lipinski definition) is 2. The molecule has 1 amide bonds. The molecule has 0 aromatic heterocycles. The topological polar surface area (TPSA) is 49.3 Å². The lowest BCUT2D eigenvalue weighted by molar-refractivity contribution is -0.201. The quantitative estimate of drug-likeness (QED) is 0.396. The van der Waals surface area contributed by atoms with E-state index in [1.165, 1.54) is 0 Å². The van der Waals surface area contributed by atoms with Crippen molar-refractivity contribution in [1.82, 2.24) is 5.32 Å². The molecule has 0 spiro atoms. The molecule has 0 bridgehead atoms. The average Bonchev–Trinajstić information content (AvgIpc) is 2.86. The summed E-state index contributed by atoms with van der Waals surface area (Å²) in [5, 5.41) is 14.0. The first-order valence-corrected chi connectivity index (χ1v) is 13.0. The Labute approximate surface area is 219 Å². The van der Waals surface area contributed by atoms with Gasteiger partial charge in [0.15, 0.2) is 0 Å². The van der Waals surface area contributed by atoms with Gasteiger partial charge in [0, 0.05) is 23.6 Å². The van der Waals surface area contributed by atoms with E-state index in [1.54, 1.807) is 12.2 Å². The Hall–Kier alpha value is -3.05. The van der Waals surface area contributed by atoms with E-state index >= 15 is 0 Å². The van der Waals surface area contributed by atoms with Crippen LogP contribution in [0.1, 0.15) is 73.5 Å². The zero-order valence-electron chi connectivity index (χ0n) is 22.0. The third-order valence-electron chi connectivity index (χ3n) is 8.38. The van der Waals surface area contributed by atoms with Crippen LogP contribution in [0.25, 0.3) is 0 Å². The fourth-order valence-corrected chi connectivity index (χ4v) is 6.21. The van der Waals surface area contributed by atoms with Gasteiger partial charge in [-0.15, -0.1) is 0 Å². The summed E-state index contributed by atoms with van der Waals surface area (Å²) in [4.78, 5) is 13.1. The summed E-state index contributed by atoms with van der Waals surface area (Å²) >= 11 is 0. The number of aliphatic hydroxyl groups is 1. The summed E-state index contributed by atoms with van der Waals surface area (Å²) in [6.07, 6.45) is 7.97. The summed E-state index contributed by atoms with van der Waals surface area (Å²) in [5.41, 5.74) is 3.30. The number of hydrogen-bond acceptors (Lipinski definition) is 2. The number of nitrogens with one attached hydrogen (secondary N) is 1. The molecule has 0 aliphatic heterocycles. The minimum absolute atomic E-state index is 0.0427. The van der Waals surface area contributed by atoms with Crippen molar-refractivity contribution in [2.75, 3.05) is 0 Å². The predicted octanol–water partition coefficient (Wildman–Crippen LogP) is 7.07. The van der Waals surface area contributed by atoms with E-state index in [-0.39, 0.29) is 30.1 Å². The van der Waals surface area contributed by atoms with E-state index in [0.717, 1.165) is 41.3 Å². The maximum Gasteiger partial charge on any atom is 0.273 e. The van der Waals surface area contributed by atoms with E-state index in [9.17, 15) is 18.7 Å². The first-order chi connectivity index (χ1) is 17.5. The molecule has 196 valence electrons. The van der Waals surface area contributed by atoms with Gasteiger partial charge < -0.3 is 10.4 Å². The number of fused-ring (bicyclic) bond motifs is 3. The fourth-order valence-electron chi connectivity index (χ4n) is 6.21. The van der Waals surface area contributed by atoms with Gasteiger partial charge in [-0.2, -0.15) is 0 Å². The van der Waals surface area contributed by atoms with Crippen molar-refractivity contribution in [2.24, 2.45) is 5.92 Å². The first kappa shape index (κ1) is 27.0. The lowest BCUT2D eigenvalue weighted by Crippen LogP contribution is -2.57. The van der Waals surface area contributed by atoms with E-state index < -0.39 is 11.5 Å². The third-order valence-corrected chi connectivity index (χ3v) is 8.38. The Kier molecular flexibility index (Phi) is 7.57. The molecule has 0 radical (unpaired) electrons. The highest BCUT2D eigenvalue weighted by atomic mass is 19.3. The molecule has 2 aromatic carbocycles. The predicted molar refractivity (Wildman–Crippen MR) is 145 cm³/mol. The number of benzene rings is 2. The molecule has 0 unspecified atom stereocenters. The molecule has 2 aromatic rings. The van der Waals surface area contributed by atoms with Crippen molar-refractivity contribution in [1.29, 1.82) is 0 Å². The molecular formula is C32H37F2NO2. The molecule has 0 saturated heterocycles. The van der Waals surface area contributed by atoms with Crippen LogP contribution < -0.4 is 5.32 Å². The highest BCUT2D eigenvalue weighted by Crippen LogP contribution is 2.56. The SMILES string of the molecule is C=C/C=C\C(NC(=O)c1ccc2c(c1)CC[C@@H]1C[C@@](O)(C(C)(F)F)CC[C@@]21Cc1ccccc1)=C(C)C. The van der Waals surface area contributed by atoms with Crippen molar-refractivity contribution in [3.05, 3.63) is 107 Å². The maximum absolute atomic E-state index is 14.5. The number of carbonyl (C=O) groups is 1. The summed E-state index contributed by atoms with van der Waals surface area (Å²) < 4.78 is 28.9. The number of rotatable bonds is 7. The summed E-state index contributed by atoms with van der Waals surface area (Å²) in [6, 6.07) is 16.0. The Bertz CT molecular complexity index is 1220. The highest BCUT2D eigenvalue weighted by molar-refractivity contribution is 5.96. The second-order valence-electron chi connectivity index (χ2n) is 11.0. The van der Waals surface area contributed by atoms with Gasteiger partial charge in [-0.25, -0.2) is 8.78 Å². The second-order valence-corrected chi connectivity index (χ2v) is 11.0. The van der Waals surface area contributed by atoms with Crippen molar-refractivity contribution >= 4 is 5.91 Å². The van der Waals surface area contributed by atoms with Crippen molar-refractivity contribution in [3.8, 4) is 0 Å². The third kappa shape index (κ3) is 5.33. The van der Waals surface area contributed by atoms with Crippen LogP contribution in [0.3, 0.4) is 0 Å². The molecular weight excluding hydrogens is 468 g/mol. The highest BCUT2D eigenvalue weighted by Gasteiger charge is 2.58. The number of amides is 1. The van der Waals surface area contributed by atoms with Gasteiger partial charge in [0.05, 0.1) is 0 Å². The van der Waals surface area contributed by atoms with Crippen molar-refractivity contribution in [2.45, 2.75) is 76.2 Å². The number of halogens is 2. The van der Waals surface area contributed by atoms with E-state index in [0.29, 0.717) is 24.8 Å². The lowest BCUT2D eigenvalue weighted by atomic mass is 9.52. The van der Waals surface area contributed by atoms with Gasteiger partial charge in [0.25, 0.3) is 11.8 Å². The van der Waals surface area contributed by atoms with Crippen LogP contribution in [0.2, 0.25) is 0 Å². The minimum Gasteiger partial charge on any atom is -0.384 e. The second kappa shape index (κ2) is 10.4. The molecule has 0 heterocycles. The van der Waals surface area contributed by atoms with Crippen LogP contribution in [-0.2, 0) is 18.3 Å². The standard InChI is InChI=1S/C32H37F2NO2/c1-5-6-12-28(22(2)3)35-29(36)25-14-16-27-24(19-25)13-15-26-21-32(37,30(4,33)34)18-17-31(26,27)20-23-10-8-7-9-11-23/h5-12,14,16,19,26,37H,1,13,15,17-18,20-21H2,2-4H3,(H,35,36)/b12-6-/t26-,31+,32-/m1/s1. The first-order valence-electron chi connectivity index (χ1n) is 13.0. The molecule has 37 heavy (non-hydrogen) atoms. The number of aryl methyl sites for hydroxylation is 1. The maximum atomic E-state index is 14.5. The molecule has 5 heteroatoms. The van der Waals surface area contributed by atoms with E-state index in [1.807, 2.05) is 56.3 Å². The largest absolute Gasteiger partial charge is 0.384 e. The number of carbonyl (C=O) groups excluding carboxylic acids is 1. The van der Waals surface area contributed by atoms with Crippen LogP contribution in [-0.4, -0.2) is 22.5 Å². The molecule has 2 N–H and O–H groups in total. The molecule has 1 saturated carbocycles. The van der Waals surface area contributed by atoms with Gasteiger partial charge in [-0.3, -0.25) is 4.79 Å². The van der Waals surface area contributed by atoms with Gasteiger partial charge in [-0.1, -0.05) is 60.7 Å². The molecule has 1 fully saturated rings. The summed E-state index contributed by atoms with van der Waals surface area (Å²) in [6.45, 7) is 8.40. The Balaban J connectivity index is 1.71. The van der Waals surface area contributed by atoms with Crippen LogP contribution >= 0.6 is 0 Å². The van der Waals surface area contributed by atoms with E-state index in [4.69, 9.17) is 0 Å². The Morgan fingerprint density at radius 2 is 1.92 bits per heavy atom. The van der Waals surface area contributed by atoms with Gasteiger partial charge in [0.1, 0.15) is 5.60 Å². The zero-order chi connectivity index (χ0) is 26.8. The average molecular weight is 506 g/mol. The number of alkyl halides is 2. The minimum atomic E-state index is -3.16. The van der Waals surface area contributed by atoms with Crippen LogP contribution in [0.5, 0.6) is 0 Å². The summed E-state index contributed by atoms with van der Waals surface area (Å²) in [5.74, 6) is -3.42. The van der Waals surface area contributed by atoms with Crippen molar-refractivity contribution < 1.29 is 18.7 Å². The normalized spacial score (nSPS) is 25.2. The monoisotopic (exact) mass is 505 g/mol. The molecule has 2 aliphatic rings. The molecule has 3 nitrogen and oxygen atoms in total. The van der Waals surface area contributed by atoms with Gasteiger partial charge >= 0.3 is 0 Å². The molecule has 2 aliphatic carbocycles. The van der Waals surface area contributed by atoms with Gasteiger partial charge in [-0.05, 0) is 93.2 Å². The number of allylic oxidation sites excluding steroid dienone is 4.